The van der Waals surface area contributed by atoms with Gasteiger partial charge in [0.05, 0.1) is 18.2 Å². The van der Waals surface area contributed by atoms with Crippen molar-refractivity contribution in [3.05, 3.63) is 84.6 Å². The zero-order chi connectivity index (χ0) is 20.2. The van der Waals surface area contributed by atoms with Crippen molar-refractivity contribution in [1.82, 2.24) is 9.88 Å². The summed E-state index contributed by atoms with van der Waals surface area (Å²) in [6, 6.07) is 19.0. The van der Waals surface area contributed by atoms with Crippen LogP contribution >= 0.6 is 0 Å². The van der Waals surface area contributed by atoms with Gasteiger partial charge in [0.1, 0.15) is 12.4 Å². The number of benzene rings is 2. The third-order valence-corrected chi connectivity index (χ3v) is 5.87. The van der Waals surface area contributed by atoms with Crippen LogP contribution in [0.1, 0.15) is 24.1 Å². The van der Waals surface area contributed by atoms with Crippen LogP contribution in [0.3, 0.4) is 0 Å². The Kier molecular flexibility index (Phi) is 5.49. The maximum absolute atomic E-state index is 6.01. The fraction of sp³-hybridized carbons (Fsp3) is 0.269. The van der Waals surface area contributed by atoms with Crippen LogP contribution in [0.15, 0.2) is 77.7 Å². The van der Waals surface area contributed by atoms with E-state index < -0.39 is 0 Å². The summed E-state index contributed by atoms with van der Waals surface area (Å²) in [5.41, 5.74) is 4.59. The predicted molar refractivity (Wildman–Crippen MR) is 120 cm³/mol. The monoisotopic (exact) mass is 398 g/mol. The van der Waals surface area contributed by atoms with Gasteiger partial charge in [-0.1, -0.05) is 24.3 Å². The van der Waals surface area contributed by atoms with E-state index in [0.717, 1.165) is 42.1 Å². The maximum Gasteiger partial charge on any atom is 0.120 e. The van der Waals surface area contributed by atoms with Crippen LogP contribution in [-0.4, -0.2) is 36.1 Å². The molecule has 0 bridgehead atoms. The molecule has 1 fully saturated rings. The first-order valence-electron chi connectivity index (χ1n) is 10.7. The molecule has 152 valence electrons. The molecule has 0 atom stereocenters. The number of hydrogen-bond donors (Lipinski definition) is 0. The second kappa shape index (κ2) is 8.72. The van der Waals surface area contributed by atoms with Gasteiger partial charge in [0.2, 0.25) is 0 Å². The molecule has 2 aromatic heterocycles. The lowest BCUT2D eigenvalue weighted by atomic mass is 10.0. The van der Waals surface area contributed by atoms with Crippen molar-refractivity contribution in [2.75, 3.05) is 26.2 Å². The summed E-state index contributed by atoms with van der Waals surface area (Å²) in [5, 5.41) is 2.36. The highest BCUT2D eigenvalue weighted by molar-refractivity contribution is 5.86. The Morgan fingerprint density at radius 2 is 1.80 bits per heavy atom. The van der Waals surface area contributed by atoms with Gasteiger partial charge in [0.25, 0.3) is 0 Å². The summed E-state index contributed by atoms with van der Waals surface area (Å²) in [6.07, 6.45) is 8.80. The van der Waals surface area contributed by atoms with E-state index >= 15 is 0 Å². The van der Waals surface area contributed by atoms with E-state index in [9.17, 15) is 0 Å². The van der Waals surface area contributed by atoms with Crippen molar-refractivity contribution >= 4 is 10.8 Å². The number of rotatable bonds is 7. The first-order chi connectivity index (χ1) is 14.8. The molecule has 1 aliphatic rings. The normalized spacial score (nSPS) is 14.4. The zero-order valence-corrected chi connectivity index (χ0v) is 17.1. The number of likely N-dealkylation sites (tertiary alicyclic amines) is 1. The smallest absolute Gasteiger partial charge is 0.120 e. The van der Waals surface area contributed by atoms with Crippen LogP contribution in [0, 0.1) is 0 Å². The zero-order valence-electron chi connectivity index (χ0n) is 17.1. The first kappa shape index (κ1) is 18.9. The molecular weight excluding hydrogens is 372 g/mol. The van der Waals surface area contributed by atoms with Gasteiger partial charge in [-0.05, 0) is 72.8 Å². The maximum atomic E-state index is 6.01. The summed E-state index contributed by atoms with van der Waals surface area (Å²) in [6.45, 7) is 4.17. The van der Waals surface area contributed by atoms with E-state index in [2.05, 4.69) is 58.4 Å². The molecule has 0 saturated carbocycles. The quantitative estimate of drug-likeness (QED) is 0.408. The van der Waals surface area contributed by atoms with Crippen molar-refractivity contribution in [2.24, 2.45) is 0 Å². The second-order valence-electron chi connectivity index (χ2n) is 7.92. The molecule has 1 aliphatic heterocycles. The minimum atomic E-state index is 0.743. The Morgan fingerprint density at radius 3 is 2.60 bits per heavy atom. The Bertz CT molecular complexity index is 1100. The van der Waals surface area contributed by atoms with Gasteiger partial charge in [0.15, 0.2) is 0 Å². The molecule has 0 unspecified atom stereocenters. The first-order valence-corrected chi connectivity index (χ1v) is 10.7. The summed E-state index contributed by atoms with van der Waals surface area (Å²) >= 11 is 0. The third-order valence-electron chi connectivity index (χ3n) is 5.87. The summed E-state index contributed by atoms with van der Waals surface area (Å²) in [4.78, 5) is 7.13. The predicted octanol–water partition coefficient (Wildman–Crippen LogP) is 5.56. The molecule has 0 radical (unpaired) electrons. The van der Waals surface area contributed by atoms with Crippen molar-refractivity contribution in [3.63, 3.8) is 0 Å². The summed E-state index contributed by atoms with van der Waals surface area (Å²) in [7, 11) is 0. The van der Waals surface area contributed by atoms with E-state index in [0.29, 0.717) is 0 Å². The number of aromatic nitrogens is 1. The van der Waals surface area contributed by atoms with Gasteiger partial charge in [-0.2, -0.15) is 0 Å². The topological polar surface area (TPSA) is 38.5 Å². The lowest BCUT2D eigenvalue weighted by molar-refractivity contribution is 0.238. The Labute approximate surface area is 177 Å². The molecule has 2 aromatic carbocycles. The molecule has 3 heterocycles. The minimum Gasteiger partial charge on any atom is -0.492 e. The van der Waals surface area contributed by atoms with Gasteiger partial charge >= 0.3 is 0 Å². The molecule has 4 heteroatoms. The third kappa shape index (κ3) is 4.24. The summed E-state index contributed by atoms with van der Waals surface area (Å²) < 4.78 is 11.2. The van der Waals surface area contributed by atoms with Gasteiger partial charge < -0.3 is 9.15 Å². The van der Waals surface area contributed by atoms with Gasteiger partial charge in [0, 0.05) is 30.1 Å². The van der Waals surface area contributed by atoms with E-state index in [1.165, 1.54) is 42.3 Å². The van der Waals surface area contributed by atoms with Crippen molar-refractivity contribution < 1.29 is 9.15 Å². The molecule has 0 amide bonds. The number of fused-ring (bicyclic) bond motifs is 1. The fourth-order valence-electron chi connectivity index (χ4n) is 4.19. The van der Waals surface area contributed by atoms with Crippen LogP contribution in [0.5, 0.6) is 5.75 Å². The van der Waals surface area contributed by atoms with Crippen LogP contribution in [0.4, 0.5) is 0 Å². The van der Waals surface area contributed by atoms with Crippen LogP contribution in [0.2, 0.25) is 0 Å². The van der Waals surface area contributed by atoms with Gasteiger partial charge in [-0.25, -0.2) is 0 Å². The van der Waals surface area contributed by atoms with Crippen molar-refractivity contribution in [3.8, 4) is 16.9 Å². The lowest BCUT2D eigenvalue weighted by Crippen LogP contribution is -2.25. The highest BCUT2D eigenvalue weighted by Gasteiger charge is 2.11. The standard InChI is InChI=1S/C26H26N2O2/c1-2-13-28(12-1)14-16-30-24-7-8-25-22(18-24)9-11-27-26(25)17-20-3-5-21(6-4-20)23-10-15-29-19-23/h3-11,15,18-19H,1-2,12-14,16-17H2. The van der Waals surface area contributed by atoms with Crippen molar-refractivity contribution in [1.29, 1.82) is 0 Å². The molecule has 0 N–H and O–H groups in total. The average Bonchev–Trinajstić information content (AvgIpc) is 3.49. The average molecular weight is 399 g/mol. The highest BCUT2D eigenvalue weighted by Crippen LogP contribution is 2.26. The fourth-order valence-corrected chi connectivity index (χ4v) is 4.19. The Hall–Kier alpha value is -3.11. The molecule has 4 nitrogen and oxygen atoms in total. The molecule has 4 aromatic rings. The summed E-state index contributed by atoms with van der Waals surface area (Å²) in [5.74, 6) is 0.934. The van der Waals surface area contributed by atoms with Gasteiger partial charge in [-0.3, -0.25) is 9.88 Å². The van der Waals surface area contributed by atoms with E-state index in [1.54, 1.807) is 12.5 Å². The SMILES string of the molecule is c1cc2cc(OCCN3CCCC3)ccc2c(Cc2ccc(-c3ccoc3)cc2)n1. The van der Waals surface area contributed by atoms with Crippen molar-refractivity contribution in [2.45, 2.75) is 19.3 Å². The number of furan rings is 1. The number of hydrogen-bond acceptors (Lipinski definition) is 4. The highest BCUT2D eigenvalue weighted by atomic mass is 16.5. The van der Waals surface area contributed by atoms with E-state index in [1.807, 2.05) is 12.3 Å². The Morgan fingerprint density at radius 1 is 0.933 bits per heavy atom. The number of ether oxygens (including phenoxy) is 1. The molecule has 1 saturated heterocycles. The minimum absolute atomic E-state index is 0.743. The molecule has 30 heavy (non-hydrogen) atoms. The molecule has 0 aliphatic carbocycles. The van der Waals surface area contributed by atoms with E-state index in [4.69, 9.17) is 9.15 Å². The molecule has 5 rings (SSSR count). The second-order valence-corrected chi connectivity index (χ2v) is 7.92. The van der Waals surface area contributed by atoms with E-state index in [-0.39, 0.29) is 0 Å². The number of nitrogens with zero attached hydrogens (tertiary/aromatic N) is 2. The molecular formula is C26H26N2O2. The van der Waals surface area contributed by atoms with Gasteiger partial charge in [-0.15, -0.1) is 0 Å². The molecule has 0 spiro atoms. The Balaban J connectivity index is 1.28. The van der Waals surface area contributed by atoms with Crippen LogP contribution in [0.25, 0.3) is 21.9 Å². The van der Waals surface area contributed by atoms with Crippen LogP contribution in [-0.2, 0) is 6.42 Å². The number of pyridine rings is 1. The lowest BCUT2D eigenvalue weighted by Gasteiger charge is -2.15. The largest absolute Gasteiger partial charge is 0.492 e. The van der Waals surface area contributed by atoms with Crippen LogP contribution < -0.4 is 4.74 Å².